The van der Waals surface area contributed by atoms with E-state index in [9.17, 15) is 0 Å². The van der Waals surface area contributed by atoms with Crippen molar-refractivity contribution in [1.82, 2.24) is 0 Å². The van der Waals surface area contributed by atoms with Crippen molar-refractivity contribution >= 4 is 29.4 Å². The van der Waals surface area contributed by atoms with Crippen LogP contribution in [0.2, 0.25) is 0 Å². The molecule has 1 heterocycles. The third-order valence-electron chi connectivity index (χ3n) is 4.55. The number of nitrogens with zero attached hydrogens (tertiary/aromatic N) is 1. The second kappa shape index (κ2) is 21.0. The maximum atomic E-state index is 2.29. The molecule has 1 aromatic heterocycles. The molecule has 0 aliphatic heterocycles. The van der Waals surface area contributed by atoms with Crippen LogP contribution in [0, 0.1) is 0 Å². The Hall–Kier alpha value is -0.0800. The Morgan fingerprint density at radius 1 is 0.542 bits per heavy atom. The van der Waals surface area contributed by atoms with Crippen molar-refractivity contribution < 1.29 is 4.57 Å². The molecule has 0 aromatic carbocycles. The first kappa shape index (κ1) is 26.2. The Labute approximate surface area is 167 Å². The largest absolute Gasteiger partial charge is 0.205 e. The Kier molecular flexibility index (Phi) is 22.8. The minimum absolute atomic E-state index is 0. The van der Waals surface area contributed by atoms with Crippen LogP contribution in [0.15, 0.2) is 30.6 Å². The van der Waals surface area contributed by atoms with Crippen LogP contribution in [-0.4, -0.2) is 0 Å². The van der Waals surface area contributed by atoms with E-state index in [1.807, 2.05) is 0 Å². The monoisotopic (exact) mass is 420 g/mol. The number of pyridine rings is 1. The minimum Gasteiger partial charge on any atom is -0.205 e. The van der Waals surface area contributed by atoms with Crippen LogP contribution in [-0.2, 0) is 6.54 Å². The summed E-state index contributed by atoms with van der Waals surface area (Å²) in [7, 11) is 0. The molecule has 0 amide bonds. The van der Waals surface area contributed by atoms with Gasteiger partial charge in [-0.05, 0) is 6.42 Å². The van der Waals surface area contributed by atoms with E-state index in [0.29, 0.717) is 0 Å². The molecule has 0 saturated heterocycles. The second-order valence-corrected chi connectivity index (χ2v) is 6.71. The van der Waals surface area contributed by atoms with Crippen LogP contribution in [0.5, 0.6) is 0 Å². The molecule has 1 aromatic rings. The van der Waals surface area contributed by atoms with Crippen molar-refractivity contribution in [3.8, 4) is 0 Å². The van der Waals surface area contributed by atoms with E-state index >= 15 is 0 Å². The summed E-state index contributed by atoms with van der Waals surface area (Å²) < 4.78 is 2.29. The summed E-state index contributed by atoms with van der Waals surface area (Å²) in [6.45, 7) is 3.47. The SMILES string of the molecule is Br.CCCCCCCCCCCCCCCC[n+]1ccccc1.Cl. The highest BCUT2D eigenvalue weighted by atomic mass is 79.9. The molecule has 24 heavy (non-hydrogen) atoms. The average molecular weight is 422 g/mol. The van der Waals surface area contributed by atoms with Gasteiger partial charge in [-0.25, -0.2) is 4.57 Å². The van der Waals surface area contributed by atoms with Gasteiger partial charge in [0.2, 0.25) is 0 Å². The lowest BCUT2D eigenvalue weighted by Gasteiger charge is -2.02. The topological polar surface area (TPSA) is 3.88 Å². The van der Waals surface area contributed by atoms with Crippen molar-refractivity contribution in [3.05, 3.63) is 30.6 Å². The molecule has 0 spiro atoms. The fourth-order valence-electron chi connectivity index (χ4n) is 3.07. The first-order valence-corrected chi connectivity index (χ1v) is 9.87. The number of hydrogen-bond acceptors (Lipinski definition) is 0. The number of unbranched alkanes of at least 4 members (excludes halogenated alkanes) is 13. The van der Waals surface area contributed by atoms with Crippen LogP contribution in [0.4, 0.5) is 0 Å². The van der Waals surface area contributed by atoms with Gasteiger partial charge in [-0.15, -0.1) is 29.4 Å². The van der Waals surface area contributed by atoms with E-state index in [2.05, 4.69) is 42.1 Å². The molecule has 0 saturated carbocycles. The molecule has 3 heteroatoms. The Bertz CT molecular complexity index is 332. The lowest BCUT2D eigenvalue weighted by atomic mass is 10.0. The van der Waals surface area contributed by atoms with Gasteiger partial charge in [0.25, 0.3) is 0 Å². The van der Waals surface area contributed by atoms with Crippen molar-refractivity contribution in [3.63, 3.8) is 0 Å². The molecule has 0 unspecified atom stereocenters. The summed E-state index contributed by atoms with van der Waals surface area (Å²) in [6.07, 6.45) is 24.4. The molecular weight excluding hydrogens is 382 g/mol. The summed E-state index contributed by atoms with van der Waals surface area (Å²) in [4.78, 5) is 0. The quantitative estimate of drug-likeness (QED) is 0.204. The normalized spacial score (nSPS) is 10.0. The van der Waals surface area contributed by atoms with Crippen LogP contribution in [0.3, 0.4) is 0 Å². The zero-order valence-corrected chi connectivity index (χ0v) is 18.3. The van der Waals surface area contributed by atoms with E-state index in [1.54, 1.807) is 0 Å². The molecule has 0 N–H and O–H groups in total. The van der Waals surface area contributed by atoms with Gasteiger partial charge in [-0.3, -0.25) is 0 Å². The van der Waals surface area contributed by atoms with E-state index in [4.69, 9.17) is 0 Å². The number of aryl methyl sites for hydroxylation is 1. The van der Waals surface area contributed by atoms with Gasteiger partial charge in [0.15, 0.2) is 12.4 Å². The highest BCUT2D eigenvalue weighted by Crippen LogP contribution is 2.12. The van der Waals surface area contributed by atoms with Gasteiger partial charge in [-0.1, -0.05) is 90.0 Å². The molecule has 0 aliphatic carbocycles. The summed E-state index contributed by atoms with van der Waals surface area (Å²) in [6, 6.07) is 6.31. The third kappa shape index (κ3) is 16.8. The van der Waals surface area contributed by atoms with Crippen LogP contribution < -0.4 is 4.57 Å². The van der Waals surface area contributed by atoms with Crippen LogP contribution in [0.25, 0.3) is 0 Å². The van der Waals surface area contributed by atoms with E-state index in [-0.39, 0.29) is 29.4 Å². The molecule has 0 bridgehead atoms. The molecule has 142 valence electrons. The molecule has 0 aliphatic rings. The fourth-order valence-corrected chi connectivity index (χ4v) is 3.07. The van der Waals surface area contributed by atoms with E-state index in [0.717, 1.165) is 0 Å². The molecule has 1 nitrogen and oxygen atoms in total. The molecular formula is C21H40BrClN+. The predicted octanol–water partition coefficient (Wildman–Crippen LogP) is 7.46. The van der Waals surface area contributed by atoms with Gasteiger partial charge < -0.3 is 0 Å². The van der Waals surface area contributed by atoms with Crippen molar-refractivity contribution in [1.29, 1.82) is 0 Å². The number of aromatic nitrogens is 1. The fraction of sp³-hybridized carbons (Fsp3) is 0.762. The highest BCUT2D eigenvalue weighted by Gasteiger charge is 1.98. The number of hydrogen-bond donors (Lipinski definition) is 0. The lowest BCUT2D eigenvalue weighted by molar-refractivity contribution is -0.697. The Morgan fingerprint density at radius 2 is 0.917 bits per heavy atom. The summed E-state index contributed by atoms with van der Waals surface area (Å²) in [5.74, 6) is 0. The molecule has 0 atom stereocenters. The summed E-state index contributed by atoms with van der Waals surface area (Å²) in [5.41, 5.74) is 0. The predicted molar refractivity (Wildman–Crippen MR) is 115 cm³/mol. The first-order chi connectivity index (χ1) is 10.9. The minimum atomic E-state index is 0. The maximum Gasteiger partial charge on any atom is 0.168 e. The van der Waals surface area contributed by atoms with Gasteiger partial charge in [0.1, 0.15) is 6.54 Å². The number of rotatable bonds is 15. The molecule has 1 rings (SSSR count). The van der Waals surface area contributed by atoms with Gasteiger partial charge in [-0.2, -0.15) is 0 Å². The van der Waals surface area contributed by atoms with Crippen LogP contribution >= 0.6 is 29.4 Å². The summed E-state index contributed by atoms with van der Waals surface area (Å²) >= 11 is 0. The molecule has 0 radical (unpaired) electrons. The van der Waals surface area contributed by atoms with Crippen molar-refractivity contribution in [2.24, 2.45) is 0 Å². The second-order valence-electron chi connectivity index (χ2n) is 6.71. The van der Waals surface area contributed by atoms with Gasteiger partial charge in [0.05, 0.1) is 0 Å². The zero-order chi connectivity index (χ0) is 15.7. The maximum absolute atomic E-state index is 2.29. The third-order valence-corrected chi connectivity index (χ3v) is 4.55. The highest BCUT2D eigenvalue weighted by molar-refractivity contribution is 8.93. The standard InChI is InChI=1S/C21H38N.BrH.ClH/c1-2-3-4-5-6-7-8-9-10-11-12-13-14-16-19-22-20-17-15-18-21-22;;/h15,17-18,20-21H,2-14,16,19H2,1H3;2*1H/q+1;;. The van der Waals surface area contributed by atoms with E-state index in [1.165, 1.54) is 96.4 Å². The Balaban J connectivity index is 0. The van der Waals surface area contributed by atoms with E-state index < -0.39 is 0 Å². The Morgan fingerprint density at radius 3 is 1.33 bits per heavy atom. The van der Waals surface area contributed by atoms with Gasteiger partial charge in [0, 0.05) is 18.6 Å². The zero-order valence-electron chi connectivity index (χ0n) is 15.8. The van der Waals surface area contributed by atoms with Crippen molar-refractivity contribution in [2.45, 2.75) is 103 Å². The van der Waals surface area contributed by atoms with Gasteiger partial charge >= 0.3 is 0 Å². The average Bonchev–Trinajstić information content (AvgIpc) is 2.56. The first-order valence-electron chi connectivity index (χ1n) is 9.87. The van der Waals surface area contributed by atoms with Crippen LogP contribution in [0.1, 0.15) is 96.8 Å². The van der Waals surface area contributed by atoms with Crippen molar-refractivity contribution in [2.75, 3.05) is 0 Å². The summed E-state index contributed by atoms with van der Waals surface area (Å²) in [5, 5.41) is 0. The number of halogens is 2. The lowest BCUT2D eigenvalue weighted by Crippen LogP contribution is -2.32. The molecule has 0 fully saturated rings. The smallest absolute Gasteiger partial charge is 0.168 e.